The van der Waals surface area contributed by atoms with Crippen LogP contribution in [0, 0.1) is 5.92 Å². The van der Waals surface area contributed by atoms with E-state index in [2.05, 4.69) is 4.74 Å². The Bertz CT molecular complexity index is 484. The average Bonchev–Trinajstić information content (AvgIpc) is 2.38. The molecule has 2 atom stereocenters. The molecule has 1 aromatic rings. The van der Waals surface area contributed by atoms with Gasteiger partial charge in [0.05, 0.1) is 13.0 Å². The summed E-state index contributed by atoms with van der Waals surface area (Å²) in [6.45, 7) is 1.68. The van der Waals surface area contributed by atoms with Gasteiger partial charge in [-0.3, -0.25) is 13.8 Å². The van der Waals surface area contributed by atoms with Crippen molar-refractivity contribution in [2.24, 2.45) is 11.7 Å². The lowest BCUT2D eigenvalue weighted by molar-refractivity contribution is -0.144. The molecule has 0 saturated carbocycles. The van der Waals surface area contributed by atoms with Gasteiger partial charge in [-0.1, -0.05) is 19.1 Å². The minimum absolute atomic E-state index is 0.254. The summed E-state index contributed by atoms with van der Waals surface area (Å²) in [4.78, 5) is 22.1. The number of rotatable bonds is 6. The maximum atomic E-state index is 11.9. The van der Waals surface area contributed by atoms with Crippen LogP contribution in [-0.4, -0.2) is 28.9 Å². The second kappa shape index (κ2) is 7.04. The monoisotopic (exact) mass is 283 g/mol. The maximum absolute atomic E-state index is 11.9. The summed E-state index contributed by atoms with van der Waals surface area (Å²) in [6, 6.07) is 6.61. The van der Waals surface area contributed by atoms with E-state index in [1.807, 2.05) is 0 Å². The lowest BCUT2D eigenvalue weighted by Gasteiger charge is -2.09. The van der Waals surface area contributed by atoms with Crippen LogP contribution >= 0.6 is 0 Å². The van der Waals surface area contributed by atoms with Crippen molar-refractivity contribution in [2.75, 3.05) is 12.9 Å². The molecule has 0 spiro atoms. The number of nitrogens with two attached hydrogens (primary N) is 1. The Labute approximate surface area is 114 Å². The van der Waals surface area contributed by atoms with Crippen LogP contribution in [0.25, 0.3) is 0 Å². The lowest BCUT2D eigenvalue weighted by Crippen LogP contribution is -2.20. The first-order valence-electron chi connectivity index (χ1n) is 5.75. The second-order valence-corrected chi connectivity index (χ2v) is 5.74. The number of amides is 1. The second-order valence-electron chi connectivity index (χ2n) is 4.24. The summed E-state index contributed by atoms with van der Waals surface area (Å²) in [6.07, 6.45) is 0. The molecule has 0 fully saturated rings. The van der Waals surface area contributed by atoms with Gasteiger partial charge in [0.1, 0.15) is 0 Å². The van der Waals surface area contributed by atoms with E-state index < -0.39 is 22.6 Å². The highest BCUT2D eigenvalue weighted by atomic mass is 32.2. The maximum Gasteiger partial charge on any atom is 0.309 e. The van der Waals surface area contributed by atoms with Crippen LogP contribution in [-0.2, 0) is 26.1 Å². The highest BCUT2D eigenvalue weighted by molar-refractivity contribution is 7.84. The van der Waals surface area contributed by atoms with E-state index >= 15 is 0 Å². The number of primary amides is 1. The Morgan fingerprint density at radius 3 is 2.37 bits per heavy atom. The number of ether oxygens (including phenoxy) is 1. The van der Waals surface area contributed by atoms with Crippen LogP contribution in [0.1, 0.15) is 22.8 Å². The number of hydrogen-bond acceptors (Lipinski definition) is 4. The fraction of sp³-hybridized carbons (Fsp3) is 0.385. The first-order chi connectivity index (χ1) is 8.93. The molecule has 6 heteroatoms. The number of carbonyl (C=O) groups is 2. The first kappa shape index (κ1) is 15.4. The molecular weight excluding hydrogens is 266 g/mol. The molecule has 0 bridgehead atoms. The van der Waals surface area contributed by atoms with Crippen LogP contribution in [0.5, 0.6) is 0 Å². The topological polar surface area (TPSA) is 86.5 Å². The normalized spacial score (nSPS) is 13.6. The van der Waals surface area contributed by atoms with Gasteiger partial charge in [0, 0.05) is 27.9 Å². The lowest BCUT2D eigenvalue weighted by atomic mass is 10.1. The fourth-order valence-corrected chi connectivity index (χ4v) is 2.93. The number of esters is 1. The molecular formula is C13H17NO4S. The summed E-state index contributed by atoms with van der Waals surface area (Å²) in [7, 11) is 0.152. The van der Waals surface area contributed by atoms with Gasteiger partial charge < -0.3 is 10.5 Å². The van der Waals surface area contributed by atoms with Gasteiger partial charge >= 0.3 is 5.97 Å². The van der Waals surface area contributed by atoms with Gasteiger partial charge in [-0.05, 0) is 17.7 Å². The molecule has 2 unspecified atom stereocenters. The molecule has 0 radical (unpaired) electrons. The highest BCUT2D eigenvalue weighted by Gasteiger charge is 2.16. The summed E-state index contributed by atoms with van der Waals surface area (Å²) >= 11 is 0. The molecule has 104 valence electrons. The summed E-state index contributed by atoms with van der Waals surface area (Å²) < 4.78 is 16.5. The number of carbonyl (C=O) groups excluding carboxylic acids is 2. The van der Waals surface area contributed by atoms with Crippen LogP contribution < -0.4 is 5.73 Å². The highest BCUT2D eigenvalue weighted by Crippen LogP contribution is 2.09. The van der Waals surface area contributed by atoms with E-state index in [1.165, 1.54) is 7.11 Å². The van der Waals surface area contributed by atoms with E-state index in [1.54, 1.807) is 31.2 Å². The van der Waals surface area contributed by atoms with E-state index in [-0.39, 0.29) is 11.7 Å². The predicted molar refractivity (Wildman–Crippen MR) is 72.9 cm³/mol. The van der Waals surface area contributed by atoms with Gasteiger partial charge in [-0.25, -0.2) is 0 Å². The predicted octanol–water partition coefficient (Wildman–Crippen LogP) is 0.843. The van der Waals surface area contributed by atoms with Crippen molar-refractivity contribution in [3.8, 4) is 0 Å². The molecule has 0 aliphatic carbocycles. The molecule has 5 nitrogen and oxygen atoms in total. The standard InChI is InChI=1S/C13H17NO4S/c1-9(13(16)18-2)7-19(17)8-10-3-5-11(6-4-10)12(14)15/h3-6,9H,7-8H2,1-2H3,(H2,14,15). The number of methoxy groups -OCH3 is 1. The number of benzene rings is 1. The molecule has 0 aliphatic rings. The Balaban J connectivity index is 2.57. The smallest absolute Gasteiger partial charge is 0.309 e. The van der Waals surface area contributed by atoms with Gasteiger partial charge in [0.2, 0.25) is 5.91 Å². The SMILES string of the molecule is COC(=O)C(C)CS(=O)Cc1ccc(C(N)=O)cc1. The van der Waals surface area contributed by atoms with E-state index in [4.69, 9.17) is 5.73 Å². The first-order valence-corrected chi connectivity index (χ1v) is 7.24. The summed E-state index contributed by atoms with van der Waals surface area (Å²) in [5.74, 6) is -0.662. The Morgan fingerprint density at radius 2 is 1.89 bits per heavy atom. The average molecular weight is 283 g/mol. The van der Waals surface area contributed by atoms with E-state index in [0.29, 0.717) is 11.3 Å². The zero-order valence-electron chi connectivity index (χ0n) is 10.9. The van der Waals surface area contributed by atoms with Crippen LogP contribution in [0.2, 0.25) is 0 Å². The molecule has 0 aromatic heterocycles. The molecule has 0 saturated heterocycles. The molecule has 2 N–H and O–H groups in total. The van der Waals surface area contributed by atoms with Crippen molar-refractivity contribution in [2.45, 2.75) is 12.7 Å². The third-order valence-corrected chi connectivity index (χ3v) is 4.13. The van der Waals surface area contributed by atoms with E-state index in [0.717, 1.165) is 5.56 Å². The fourth-order valence-electron chi connectivity index (χ4n) is 1.56. The Hall–Kier alpha value is -1.69. The summed E-state index contributed by atoms with van der Waals surface area (Å²) in [5, 5.41) is 0. The van der Waals surface area contributed by atoms with Crippen LogP contribution in [0.15, 0.2) is 24.3 Å². The van der Waals surface area contributed by atoms with E-state index in [9.17, 15) is 13.8 Å². The van der Waals surface area contributed by atoms with Gasteiger partial charge in [0.15, 0.2) is 0 Å². The summed E-state index contributed by atoms with van der Waals surface area (Å²) in [5.41, 5.74) is 6.38. The Kier molecular flexibility index (Phi) is 5.69. The molecule has 19 heavy (non-hydrogen) atoms. The van der Waals surface area contributed by atoms with Gasteiger partial charge in [-0.15, -0.1) is 0 Å². The quantitative estimate of drug-likeness (QED) is 0.784. The number of hydrogen-bond donors (Lipinski definition) is 1. The molecule has 0 aliphatic heterocycles. The van der Waals surface area contributed by atoms with Gasteiger partial charge in [0.25, 0.3) is 0 Å². The largest absolute Gasteiger partial charge is 0.469 e. The minimum atomic E-state index is -1.16. The zero-order valence-corrected chi connectivity index (χ0v) is 11.7. The van der Waals surface area contributed by atoms with Crippen molar-refractivity contribution in [1.82, 2.24) is 0 Å². The molecule has 1 amide bonds. The minimum Gasteiger partial charge on any atom is -0.469 e. The van der Waals surface area contributed by atoms with Crippen molar-refractivity contribution in [3.05, 3.63) is 35.4 Å². The third kappa shape index (κ3) is 4.82. The van der Waals surface area contributed by atoms with Crippen LogP contribution in [0.3, 0.4) is 0 Å². The molecule has 1 aromatic carbocycles. The van der Waals surface area contributed by atoms with Crippen molar-refractivity contribution in [1.29, 1.82) is 0 Å². The van der Waals surface area contributed by atoms with Crippen molar-refractivity contribution >= 4 is 22.7 Å². The van der Waals surface area contributed by atoms with Crippen molar-refractivity contribution in [3.63, 3.8) is 0 Å². The van der Waals surface area contributed by atoms with Crippen LogP contribution in [0.4, 0.5) is 0 Å². The molecule has 1 rings (SSSR count). The Morgan fingerprint density at radius 1 is 1.32 bits per heavy atom. The van der Waals surface area contributed by atoms with Crippen molar-refractivity contribution < 1.29 is 18.5 Å². The molecule has 0 heterocycles. The zero-order chi connectivity index (χ0) is 14.4. The van der Waals surface area contributed by atoms with Gasteiger partial charge in [-0.2, -0.15) is 0 Å². The third-order valence-electron chi connectivity index (χ3n) is 2.61.